The second kappa shape index (κ2) is 7.33. The number of carbonyl (C=O) groups is 1. The fourth-order valence-corrected chi connectivity index (χ4v) is 2.77. The van der Waals surface area contributed by atoms with Crippen molar-refractivity contribution >= 4 is 23.1 Å². The maximum absolute atomic E-state index is 12.4. The highest BCUT2D eigenvalue weighted by molar-refractivity contribution is 6.03. The maximum atomic E-state index is 12.4. The number of ether oxygens (including phenoxy) is 2. The number of para-hydroxylation sites is 1. The third-order valence-electron chi connectivity index (χ3n) is 4.18. The van der Waals surface area contributed by atoms with Gasteiger partial charge in [-0.2, -0.15) is 0 Å². The Labute approximate surface area is 156 Å². The number of hydrogen-bond acceptors (Lipinski definition) is 6. The van der Waals surface area contributed by atoms with Crippen LogP contribution < -0.4 is 20.1 Å². The lowest BCUT2D eigenvalue weighted by Gasteiger charge is -2.10. The Morgan fingerprint density at radius 1 is 1.07 bits per heavy atom. The molecule has 136 valence electrons. The smallest absolute Gasteiger partial charge is 0.275 e. The summed E-state index contributed by atoms with van der Waals surface area (Å²) >= 11 is 0. The van der Waals surface area contributed by atoms with Crippen molar-refractivity contribution in [2.45, 2.75) is 13.3 Å². The summed E-state index contributed by atoms with van der Waals surface area (Å²) in [5, 5.41) is 6.01. The molecule has 0 bridgehead atoms. The quantitative estimate of drug-likeness (QED) is 0.719. The van der Waals surface area contributed by atoms with Crippen molar-refractivity contribution in [3.63, 3.8) is 0 Å². The second-order valence-electron chi connectivity index (χ2n) is 5.94. The van der Waals surface area contributed by atoms with Gasteiger partial charge in [-0.3, -0.25) is 4.79 Å². The Kier molecular flexibility index (Phi) is 4.57. The maximum Gasteiger partial charge on any atom is 0.275 e. The van der Waals surface area contributed by atoms with Crippen LogP contribution in [0.1, 0.15) is 23.0 Å². The highest BCUT2D eigenvalue weighted by Gasteiger charge is 2.14. The zero-order valence-corrected chi connectivity index (χ0v) is 14.7. The number of hydrogen-bond donors (Lipinski definition) is 2. The van der Waals surface area contributed by atoms with E-state index in [1.807, 2.05) is 49.4 Å². The minimum Gasteiger partial charge on any atom is -0.454 e. The Morgan fingerprint density at radius 3 is 2.74 bits per heavy atom. The number of nitrogens with zero attached hydrogens (tertiary/aromatic N) is 2. The van der Waals surface area contributed by atoms with E-state index in [9.17, 15) is 4.79 Å². The molecule has 0 aliphatic carbocycles. The first kappa shape index (κ1) is 16.8. The molecular weight excluding hydrogens is 344 g/mol. The van der Waals surface area contributed by atoms with Crippen molar-refractivity contribution in [1.29, 1.82) is 0 Å². The molecule has 0 unspecified atom stereocenters. The van der Waals surface area contributed by atoms with Gasteiger partial charge in [0, 0.05) is 17.4 Å². The van der Waals surface area contributed by atoms with Gasteiger partial charge in [0.2, 0.25) is 6.79 Å². The van der Waals surface area contributed by atoms with Crippen LogP contribution in [0.15, 0.2) is 54.9 Å². The molecule has 2 N–H and O–H groups in total. The second-order valence-corrected chi connectivity index (χ2v) is 5.94. The number of aryl methyl sites for hydroxylation is 1. The predicted molar refractivity (Wildman–Crippen MR) is 102 cm³/mol. The predicted octanol–water partition coefficient (Wildman–Crippen LogP) is 3.76. The van der Waals surface area contributed by atoms with Gasteiger partial charge < -0.3 is 20.1 Å². The summed E-state index contributed by atoms with van der Waals surface area (Å²) in [5.74, 6) is 1.63. The molecule has 7 heteroatoms. The minimum absolute atomic E-state index is 0.226. The van der Waals surface area contributed by atoms with E-state index in [0.717, 1.165) is 23.4 Å². The van der Waals surface area contributed by atoms with Gasteiger partial charge in [-0.15, -0.1) is 0 Å². The van der Waals surface area contributed by atoms with Gasteiger partial charge in [-0.25, -0.2) is 9.97 Å². The molecule has 1 aliphatic rings. The van der Waals surface area contributed by atoms with E-state index in [0.29, 0.717) is 17.3 Å². The lowest BCUT2D eigenvalue weighted by atomic mass is 10.1. The summed E-state index contributed by atoms with van der Waals surface area (Å²) in [6.45, 7) is 2.27. The largest absolute Gasteiger partial charge is 0.454 e. The zero-order valence-electron chi connectivity index (χ0n) is 14.7. The number of benzene rings is 2. The molecule has 4 rings (SSSR count). The molecule has 0 saturated carbocycles. The molecule has 2 aromatic carbocycles. The Bertz CT molecular complexity index is 973. The average molecular weight is 362 g/mol. The fourth-order valence-electron chi connectivity index (χ4n) is 2.77. The van der Waals surface area contributed by atoms with Crippen LogP contribution in [0.3, 0.4) is 0 Å². The summed E-state index contributed by atoms with van der Waals surface area (Å²) in [5.41, 5.74) is 2.90. The Morgan fingerprint density at radius 2 is 1.93 bits per heavy atom. The van der Waals surface area contributed by atoms with Crippen molar-refractivity contribution in [3.8, 4) is 11.5 Å². The highest BCUT2D eigenvalue weighted by atomic mass is 16.7. The highest BCUT2D eigenvalue weighted by Crippen LogP contribution is 2.34. The van der Waals surface area contributed by atoms with Crippen molar-refractivity contribution in [2.75, 3.05) is 17.4 Å². The number of fused-ring (bicyclic) bond motifs is 1. The summed E-state index contributed by atoms with van der Waals surface area (Å²) < 4.78 is 10.6. The van der Waals surface area contributed by atoms with Gasteiger partial charge in [-0.05, 0) is 30.2 Å². The van der Waals surface area contributed by atoms with Crippen LogP contribution in [-0.4, -0.2) is 22.7 Å². The topological polar surface area (TPSA) is 85.4 Å². The summed E-state index contributed by atoms with van der Waals surface area (Å²) in [4.78, 5) is 20.9. The Balaban J connectivity index is 1.44. The normalized spacial score (nSPS) is 11.9. The van der Waals surface area contributed by atoms with Gasteiger partial charge in [0.05, 0.1) is 12.4 Å². The van der Waals surface area contributed by atoms with Gasteiger partial charge >= 0.3 is 0 Å². The molecule has 0 spiro atoms. The molecule has 0 fully saturated rings. The van der Waals surface area contributed by atoms with E-state index in [2.05, 4.69) is 20.6 Å². The van der Waals surface area contributed by atoms with Crippen molar-refractivity contribution in [3.05, 3.63) is 66.1 Å². The number of nitrogens with one attached hydrogen (secondary N) is 2. The molecule has 27 heavy (non-hydrogen) atoms. The fraction of sp³-hybridized carbons (Fsp3) is 0.150. The number of carbonyl (C=O) groups excluding carboxylic acids is 1. The molecule has 1 aromatic heterocycles. The van der Waals surface area contributed by atoms with Gasteiger partial charge in [-0.1, -0.05) is 25.1 Å². The Hall–Kier alpha value is -3.61. The van der Waals surface area contributed by atoms with Crippen LogP contribution >= 0.6 is 0 Å². The van der Waals surface area contributed by atoms with E-state index in [-0.39, 0.29) is 18.4 Å². The summed E-state index contributed by atoms with van der Waals surface area (Å²) in [6.07, 6.45) is 3.80. The van der Waals surface area contributed by atoms with Crippen molar-refractivity contribution in [1.82, 2.24) is 9.97 Å². The number of amides is 1. The molecule has 0 atom stereocenters. The standard InChI is InChI=1S/C20H18N4O3/c1-2-13-5-3-4-6-15(13)24-20(25)16-10-22-19(11-21-16)23-14-7-8-17-18(9-14)27-12-26-17/h3-11H,2,12H2,1H3,(H,22,23)(H,24,25). The third kappa shape index (κ3) is 3.67. The number of anilines is 3. The van der Waals surface area contributed by atoms with E-state index >= 15 is 0 Å². The number of rotatable bonds is 5. The zero-order chi connectivity index (χ0) is 18.6. The minimum atomic E-state index is -0.293. The first-order valence-corrected chi connectivity index (χ1v) is 8.61. The lowest BCUT2D eigenvalue weighted by Crippen LogP contribution is -2.15. The van der Waals surface area contributed by atoms with E-state index in [1.54, 1.807) is 0 Å². The molecule has 1 aliphatic heterocycles. The van der Waals surface area contributed by atoms with Crippen LogP contribution in [0.2, 0.25) is 0 Å². The van der Waals surface area contributed by atoms with Crippen LogP contribution in [0.5, 0.6) is 11.5 Å². The van der Waals surface area contributed by atoms with Gasteiger partial charge in [0.1, 0.15) is 11.5 Å². The summed E-state index contributed by atoms with van der Waals surface area (Å²) in [7, 11) is 0. The molecule has 0 radical (unpaired) electrons. The molecule has 2 heterocycles. The lowest BCUT2D eigenvalue weighted by molar-refractivity contribution is 0.102. The monoisotopic (exact) mass is 362 g/mol. The third-order valence-corrected chi connectivity index (χ3v) is 4.18. The van der Waals surface area contributed by atoms with Crippen LogP contribution in [0.25, 0.3) is 0 Å². The molecule has 3 aromatic rings. The first-order valence-electron chi connectivity index (χ1n) is 8.61. The van der Waals surface area contributed by atoms with Crippen molar-refractivity contribution < 1.29 is 14.3 Å². The van der Waals surface area contributed by atoms with Gasteiger partial charge in [0.25, 0.3) is 5.91 Å². The average Bonchev–Trinajstić information content (AvgIpc) is 3.17. The first-order chi connectivity index (χ1) is 13.2. The number of aromatic nitrogens is 2. The van der Waals surface area contributed by atoms with E-state index < -0.39 is 0 Å². The molecular formula is C20H18N4O3. The van der Waals surface area contributed by atoms with Crippen molar-refractivity contribution in [2.24, 2.45) is 0 Å². The van der Waals surface area contributed by atoms with E-state index in [4.69, 9.17) is 9.47 Å². The molecule has 7 nitrogen and oxygen atoms in total. The summed E-state index contributed by atoms with van der Waals surface area (Å²) in [6, 6.07) is 13.2. The van der Waals surface area contributed by atoms with Crippen LogP contribution in [0, 0.1) is 0 Å². The van der Waals surface area contributed by atoms with Crippen LogP contribution in [-0.2, 0) is 6.42 Å². The molecule has 0 saturated heterocycles. The van der Waals surface area contributed by atoms with Crippen LogP contribution in [0.4, 0.5) is 17.2 Å². The van der Waals surface area contributed by atoms with E-state index in [1.165, 1.54) is 12.4 Å². The SMILES string of the molecule is CCc1ccccc1NC(=O)c1cnc(Nc2ccc3c(c2)OCO3)cn1. The molecule has 1 amide bonds. The van der Waals surface area contributed by atoms with Gasteiger partial charge in [0.15, 0.2) is 11.5 Å².